The number of ether oxygens (including phenoxy) is 3. The second-order valence-corrected chi connectivity index (χ2v) is 8.61. The van der Waals surface area contributed by atoms with Crippen LogP contribution in [0.25, 0.3) is 22.0 Å². The third kappa shape index (κ3) is 4.51. The third-order valence-electron chi connectivity index (χ3n) is 5.90. The molecule has 0 saturated heterocycles. The number of carbonyl (C=O) groups excluding carboxylic acids is 1. The Balaban J connectivity index is 1.63. The van der Waals surface area contributed by atoms with Crippen molar-refractivity contribution in [1.82, 2.24) is 9.97 Å². The van der Waals surface area contributed by atoms with Gasteiger partial charge in [-0.25, -0.2) is 9.97 Å². The van der Waals surface area contributed by atoms with Gasteiger partial charge in [-0.15, -0.1) is 0 Å². The Labute approximate surface area is 201 Å². The zero-order valence-corrected chi connectivity index (χ0v) is 19.9. The molecule has 1 aliphatic carbocycles. The number of carbonyl (C=O) groups is 1. The average Bonchev–Trinajstić information content (AvgIpc) is 3.18. The molecule has 0 unspecified atom stereocenters. The number of aromatic nitrogens is 2. The maximum Gasteiger partial charge on any atom is 0.308 e. The van der Waals surface area contributed by atoms with Crippen LogP contribution in [-0.2, 0) is 9.53 Å². The van der Waals surface area contributed by atoms with E-state index in [4.69, 9.17) is 43.1 Å². The van der Waals surface area contributed by atoms with Gasteiger partial charge in [-0.3, -0.25) is 4.79 Å². The number of hydrogen-bond donors (Lipinski definition) is 2. The number of hydrogen-bond acceptors (Lipinski definition) is 8. The Kier molecular flexibility index (Phi) is 6.78. The van der Waals surface area contributed by atoms with Crippen LogP contribution < -0.4 is 20.5 Å². The Morgan fingerprint density at radius 2 is 1.79 bits per heavy atom. The number of anilines is 1. The lowest BCUT2D eigenvalue weighted by molar-refractivity contribution is -0.145. The van der Waals surface area contributed by atoms with E-state index in [1.165, 1.54) is 21.3 Å². The number of nitrogens with zero attached hydrogens (tertiary/aromatic N) is 2. The minimum absolute atomic E-state index is 0.118. The average molecular weight is 491 g/mol. The molecule has 1 aromatic heterocycles. The highest BCUT2D eigenvalue weighted by Gasteiger charge is 2.36. The Morgan fingerprint density at radius 1 is 1.09 bits per heavy atom. The van der Waals surface area contributed by atoms with E-state index < -0.39 is 0 Å². The summed E-state index contributed by atoms with van der Waals surface area (Å²) in [5.74, 6) is 0.900. The van der Waals surface area contributed by atoms with E-state index in [0.717, 1.165) is 16.5 Å². The topological polar surface area (TPSA) is 109 Å². The first kappa shape index (κ1) is 23.4. The van der Waals surface area contributed by atoms with E-state index in [2.05, 4.69) is 15.3 Å². The van der Waals surface area contributed by atoms with Crippen LogP contribution in [0.3, 0.4) is 0 Å². The van der Waals surface area contributed by atoms with Gasteiger partial charge < -0.3 is 25.3 Å². The normalized spacial score (nSPS) is 20.0. The SMILES string of the molecule is COC(=O)[C@@H]1C[C@H](N)[C@H](Nc2ncc3cc(-c4c(Cl)c(OC)cc(OC)c4Cl)ccc3n2)C1. The number of fused-ring (bicyclic) bond motifs is 1. The van der Waals surface area contributed by atoms with Crippen molar-refractivity contribution >= 4 is 46.0 Å². The molecule has 0 spiro atoms. The molecule has 1 fully saturated rings. The summed E-state index contributed by atoms with van der Waals surface area (Å²) >= 11 is 13.1. The predicted molar refractivity (Wildman–Crippen MR) is 128 cm³/mol. The lowest BCUT2D eigenvalue weighted by atomic mass is 10.0. The Bertz CT molecular complexity index is 1180. The number of halogens is 2. The monoisotopic (exact) mass is 490 g/mol. The molecular formula is C23H24Cl2N4O4. The van der Waals surface area contributed by atoms with Crippen molar-refractivity contribution in [1.29, 1.82) is 0 Å². The molecule has 174 valence electrons. The fourth-order valence-corrected chi connectivity index (χ4v) is 4.88. The molecule has 2 aromatic carbocycles. The number of nitrogens with one attached hydrogen (secondary N) is 1. The smallest absolute Gasteiger partial charge is 0.308 e. The second kappa shape index (κ2) is 9.59. The van der Waals surface area contributed by atoms with E-state index in [9.17, 15) is 4.79 Å². The minimum Gasteiger partial charge on any atom is -0.495 e. The first-order chi connectivity index (χ1) is 15.9. The summed E-state index contributed by atoms with van der Waals surface area (Å²) in [7, 11) is 4.45. The molecule has 8 nitrogen and oxygen atoms in total. The number of methoxy groups -OCH3 is 3. The number of nitrogens with two attached hydrogens (primary N) is 1. The van der Waals surface area contributed by atoms with Crippen LogP contribution in [0, 0.1) is 5.92 Å². The van der Waals surface area contributed by atoms with Crippen molar-refractivity contribution in [3.63, 3.8) is 0 Å². The molecule has 1 heterocycles. The molecule has 4 rings (SSSR count). The standard InChI is InChI=1S/C23H24Cl2N4O4/c1-31-17-9-18(32-2)21(25)19(20(17)24)11-4-5-15-13(6-11)10-27-23(28-15)29-16-8-12(7-14(16)26)22(30)33-3/h4-6,9-10,12,14,16H,7-8,26H2,1-3H3,(H,27,28,29)/t12-,14+,16-/m1/s1. The zero-order valence-electron chi connectivity index (χ0n) is 18.4. The van der Waals surface area contributed by atoms with E-state index in [1.54, 1.807) is 12.3 Å². The van der Waals surface area contributed by atoms with Gasteiger partial charge in [0, 0.05) is 35.3 Å². The summed E-state index contributed by atoms with van der Waals surface area (Å²) in [5, 5.41) is 4.83. The van der Waals surface area contributed by atoms with E-state index in [0.29, 0.717) is 45.9 Å². The molecular weight excluding hydrogens is 467 g/mol. The number of benzene rings is 2. The van der Waals surface area contributed by atoms with Crippen molar-refractivity contribution < 1.29 is 19.0 Å². The van der Waals surface area contributed by atoms with Crippen LogP contribution in [0.5, 0.6) is 11.5 Å². The van der Waals surface area contributed by atoms with Crippen LogP contribution in [0.15, 0.2) is 30.5 Å². The summed E-state index contributed by atoms with van der Waals surface area (Å²) in [6.45, 7) is 0. The zero-order chi connectivity index (χ0) is 23.7. The lowest BCUT2D eigenvalue weighted by Gasteiger charge is -2.17. The molecule has 3 N–H and O–H groups in total. The van der Waals surface area contributed by atoms with Gasteiger partial charge in [0.05, 0.1) is 42.8 Å². The Hall–Kier alpha value is -2.81. The quantitative estimate of drug-likeness (QED) is 0.491. The highest BCUT2D eigenvalue weighted by Crippen LogP contribution is 2.46. The van der Waals surface area contributed by atoms with Crippen LogP contribution in [-0.4, -0.2) is 49.4 Å². The Morgan fingerprint density at radius 3 is 2.42 bits per heavy atom. The van der Waals surface area contributed by atoms with Gasteiger partial charge in [0.1, 0.15) is 11.5 Å². The van der Waals surface area contributed by atoms with Crippen molar-refractivity contribution in [2.45, 2.75) is 24.9 Å². The molecule has 0 bridgehead atoms. The summed E-state index contributed by atoms with van der Waals surface area (Å²) in [6.07, 6.45) is 2.85. The summed E-state index contributed by atoms with van der Waals surface area (Å²) < 4.78 is 15.6. The van der Waals surface area contributed by atoms with Crippen molar-refractivity contribution in [3.05, 3.63) is 40.5 Å². The predicted octanol–water partition coefficient (Wildman–Crippen LogP) is 4.31. The molecule has 0 amide bonds. The van der Waals surface area contributed by atoms with Crippen molar-refractivity contribution in [2.24, 2.45) is 11.7 Å². The van der Waals surface area contributed by atoms with Gasteiger partial charge >= 0.3 is 5.97 Å². The lowest BCUT2D eigenvalue weighted by Crippen LogP contribution is -2.35. The fraction of sp³-hybridized carbons (Fsp3) is 0.348. The van der Waals surface area contributed by atoms with Crippen molar-refractivity contribution in [3.8, 4) is 22.6 Å². The van der Waals surface area contributed by atoms with Gasteiger partial charge in [0.25, 0.3) is 0 Å². The third-order valence-corrected chi connectivity index (χ3v) is 6.65. The van der Waals surface area contributed by atoms with Crippen LogP contribution >= 0.6 is 23.2 Å². The molecule has 0 radical (unpaired) electrons. The maximum atomic E-state index is 11.8. The van der Waals surface area contributed by atoms with E-state index in [1.807, 2.05) is 18.2 Å². The van der Waals surface area contributed by atoms with Gasteiger partial charge in [-0.1, -0.05) is 29.3 Å². The molecule has 10 heteroatoms. The van der Waals surface area contributed by atoms with Crippen LogP contribution in [0.2, 0.25) is 10.0 Å². The molecule has 3 atom stereocenters. The molecule has 1 saturated carbocycles. The van der Waals surface area contributed by atoms with Gasteiger partial charge in [0.15, 0.2) is 0 Å². The van der Waals surface area contributed by atoms with Gasteiger partial charge in [-0.2, -0.15) is 0 Å². The minimum atomic E-state index is -0.242. The van der Waals surface area contributed by atoms with Crippen LogP contribution in [0.4, 0.5) is 5.95 Å². The molecule has 0 aliphatic heterocycles. The number of esters is 1. The maximum absolute atomic E-state index is 11.8. The summed E-state index contributed by atoms with van der Waals surface area (Å²) in [4.78, 5) is 20.9. The fourth-order valence-electron chi connectivity index (χ4n) is 4.16. The first-order valence-corrected chi connectivity index (χ1v) is 11.1. The van der Waals surface area contributed by atoms with Crippen molar-refractivity contribution in [2.75, 3.05) is 26.6 Å². The van der Waals surface area contributed by atoms with Gasteiger partial charge in [0.2, 0.25) is 5.95 Å². The van der Waals surface area contributed by atoms with E-state index >= 15 is 0 Å². The largest absolute Gasteiger partial charge is 0.495 e. The second-order valence-electron chi connectivity index (χ2n) is 7.86. The molecule has 33 heavy (non-hydrogen) atoms. The summed E-state index contributed by atoms with van der Waals surface area (Å²) in [5.41, 5.74) is 8.32. The highest BCUT2D eigenvalue weighted by molar-refractivity contribution is 6.41. The van der Waals surface area contributed by atoms with Gasteiger partial charge in [-0.05, 0) is 30.5 Å². The molecule has 1 aliphatic rings. The molecule has 3 aromatic rings. The first-order valence-electron chi connectivity index (χ1n) is 10.3. The summed E-state index contributed by atoms with van der Waals surface area (Å²) in [6, 6.07) is 6.98. The van der Waals surface area contributed by atoms with E-state index in [-0.39, 0.29) is 24.0 Å². The van der Waals surface area contributed by atoms with Crippen LogP contribution in [0.1, 0.15) is 12.8 Å². The number of rotatable bonds is 6. The highest BCUT2D eigenvalue weighted by atomic mass is 35.5.